The molecule has 0 atom stereocenters. The molecule has 0 spiro atoms. The minimum Gasteiger partial charge on any atom is -0.459 e. The van der Waals surface area contributed by atoms with Crippen molar-refractivity contribution in [1.82, 2.24) is 9.97 Å². The molecule has 2 aromatic rings. The fraction of sp³-hybridized carbons (Fsp3) is 0.389. The second-order valence-electron chi connectivity index (χ2n) is 5.28. The standard InChI is InChI=1S/C18H23FN4OS/c1-3-10-20-18(25-11-4-2)23-16-15(19)12-21-17(22-16)24-13-14-8-6-5-7-9-14/h5-9,12H,3-4,10-11,13H2,1-2H3,(H,20,21,22,23). The van der Waals surface area contributed by atoms with E-state index in [1.807, 2.05) is 37.3 Å². The van der Waals surface area contributed by atoms with Crippen molar-refractivity contribution in [1.29, 1.82) is 0 Å². The molecule has 1 aromatic heterocycles. The number of anilines is 1. The highest BCUT2D eigenvalue weighted by molar-refractivity contribution is 8.14. The molecule has 0 aliphatic carbocycles. The number of ether oxygens (including phenoxy) is 1. The fourth-order valence-corrected chi connectivity index (χ4v) is 2.61. The van der Waals surface area contributed by atoms with E-state index in [0.29, 0.717) is 18.3 Å². The number of halogens is 1. The summed E-state index contributed by atoms with van der Waals surface area (Å²) in [6.07, 6.45) is 3.04. The Bertz CT molecular complexity index is 682. The Kier molecular flexibility index (Phi) is 8.18. The lowest BCUT2D eigenvalue weighted by Gasteiger charge is -2.11. The van der Waals surface area contributed by atoms with Gasteiger partial charge in [-0.15, -0.1) is 0 Å². The summed E-state index contributed by atoms with van der Waals surface area (Å²) >= 11 is 1.55. The van der Waals surface area contributed by atoms with Gasteiger partial charge in [0.1, 0.15) is 6.61 Å². The smallest absolute Gasteiger partial charge is 0.318 e. The topological polar surface area (TPSA) is 59.4 Å². The van der Waals surface area contributed by atoms with Gasteiger partial charge in [-0.05, 0) is 18.4 Å². The molecule has 7 heteroatoms. The summed E-state index contributed by atoms with van der Waals surface area (Å²) in [5.41, 5.74) is 0.994. The monoisotopic (exact) mass is 362 g/mol. The number of rotatable bonds is 8. The molecule has 0 saturated carbocycles. The molecule has 0 fully saturated rings. The van der Waals surface area contributed by atoms with Crippen LogP contribution in [0.5, 0.6) is 6.01 Å². The molecular weight excluding hydrogens is 339 g/mol. The molecule has 1 N–H and O–H groups in total. The van der Waals surface area contributed by atoms with Crippen LogP contribution in [0.4, 0.5) is 10.2 Å². The van der Waals surface area contributed by atoms with Crippen molar-refractivity contribution in [3.8, 4) is 6.01 Å². The number of hydrogen-bond acceptors (Lipinski definition) is 5. The third-order valence-electron chi connectivity index (χ3n) is 3.08. The summed E-state index contributed by atoms with van der Waals surface area (Å²) in [5, 5.41) is 3.62. The van der Waals surface area contributed by atoms with E-state index in [1.54, 1.807) is 11.8 Å². The van der Waals surface area contributed by atoms with Crippen LogP contribution in [0.15, 0.2) is 41.5 Å². The molecule has 25 heavy (non-hydrogen) atoms. The van der Waals surface area contributed by atoms with Crippen molar-refractivity contribution >= 4 is 22.7 Å². The van der Waals surface area contributed by atoms with Gasteiger partial charge >= 0.3 is 6.01 Å². The Morgan fingerprint density at radius 3 is 2.76 bits per heavy atom. The third kappa shape index (κ3) is 6.70. The van der Waals surface area contributed by atoms with Gasteiger partial charge in [0.2, 0.25) is 0 Å². The van der Waals surface area contributed by atoms with Crippen LogP contribution in [0.1, 0.15) is 32.3 Å². The first-order valence-corrected chi connectivity index (χ1v) is 9.35. The van der Waals surface area contributed by atoms with Crippen LogP contribution in [-0.4, -0.2) is 27.4 Å². The molecule has 1 aromatic carbocycles. The summed E-state index contributed by atoms with van der Waals surface area (Å²) in [4.78, 5) is 12.5. The maximum absolute atomic E-state index is 14.0. The fourth-order valence-electron chi connectivity index (χ4n) is 1.86. The second-order valence-corrected chi connectivity index (χ2v) is 6.37. The van der Waals surface area contributed by atoms with Gasteiger partial charge in [-0.3, -0.25) is 4.99 Å². The molecule has 0 unspecified atom stereocenters. The number of nitrogens with one attached hydrogen (secondary N) is 1. The zero-order chi connectivity index (χ0) is 17.9. The van der Waals surface area contributed by atoms with Crippen molar-refractivity contribution in [2.24, 2.45) is 4.99 Å². The van der Waals surface area contributed by atoms with Gasteiger partial charge < -0.3 is 10.1 Å². The Hall–Kier alpha value is -2.15. The summed E-state index contributed by atoms with van der Waals surface area (Å²) in [6, 6.07) is 9.81. The van der Waals surface area contributed by atoms with Gasteiger partial charge in [-0.1, -0.05) is 55.9 Å². The number of nitrogens with zero attached hydrogens (tertiary/aromatic N) is 3. The molecule has 134 valence electrons. The number of aliphatic imine (C=N–C) groups is 1. The van der Waals surface area contributed by atoms with Crippen LogP contribution in [0, 0.1) is 5.82 Å². The quantitative estimate of drug-likeness (QED) is 0.553. The van der Waals surface area contributed by atoms with Crippen LogP contribution in [0.2, 0.25) is 0 Å². The van der Waals surface area contributed by atoms with Gasteiger partial charge in [-0.2, -0.15) is 4.98 Å². The minimum absolute atomic E-state index is 0.0801. The zero-order valence-electron chi connectivity index (χ0n) is 14.5. The summed E-state index contributed by atoms with van der Waals surface area (Å²) in [5.74, 6) is 0.449. The number of hydrogen-bond donors (Lipinski definition) is 1. The van der Waals surface area contributed by atoms with Gasteiger partial charge in [0.15, 0.2) is 16.8 Å². The molecule has 0 amide bonds. The van der Waals surface area contributed by atoms with Gasteiger partial charge in [0.25, 0.3) is 0 Å². The van der Waals surface area contributed by atoms with Crippen molar-refractivity contribution in [2.75, 3.05) is 17.6 Å². The van der Waals surface area contributed by atoms with Crippen LogP contribution in [-0.2, 0) is 6.61 Å². The van der Waals surface area contributed by atoms with Gasteiger partial charge in [0, 0.05) is 12.3 Å². The van der Waals surface area contributed by atoms with Crippen LogP contribution in [0.25, 0.3) is 0 Å². The van der Waals surface area contributed by atoms with E-state index in [9.17, 15) is 4.39 Å². The average molecular weight is 362 g/mol. The molecule has 0 saturated heterocycles. The van der Waals surface area contributed by atoms with E-state index in [4.69, 9.17) is 4.74 Å². The van der Waals surface area contributed by atoms with Crippen molar-refractivity contribution in [3.05, 3.63) is 47.9 Å². The second kappa shape index (κ2) is 10.7. The number of aromatic nitrogens is 2. The highest BCUT2D eigenvalue weighted by atomic mass is 32.2. The first-order valence-electron chi connectivity index (χ1n) is 8.36. The summed E-state index contributed by atoms with van der Waals surface area (Å²) in [6.45, 7) is 5.15. The van der Waals surface area contributed by atoms with Crippen LogP contribution >= 0.6 is 11.8 Å². The lowest BCUT2D eigenvalue weighted by Crippen LogP contribution is -2.13. The first kappa shape index (κ1) is 19.2. The van der Waals surface area contributed by atoms with E-state index in [1.165, 1.54) is 0 Å². The molecule has 5 nitrogen and oxygen atoms in total. The van der Waals surface area contributed by atoms with E-state index >= 15 is 0 Å². The molecule has 0 aliphatic rings. The van der Waals surface area contributed by atoms with Crippen molar-refractivity contribution in [3.63, 3.8) is 0 Å². The Morgan fingerprint density at radius 2 is 2.04 bits per heavy atom. The van der Waals surface area contributed by atoms with E-state index in [-0.39, 0.29) is 11.8 Å². The lowest BCUT2D eigenvalue weighted by molar-refractivity contribution is 0.280. The van der Waals surface area contributed by atoms with E-state index in [2.05, 4.69) is 27.2 Å². The molecule has 2 rings (SSSR count). The highest BCUT2D eigenvalue weighted by Crippen LogP contribution is 2.17. The van der Waals surface area contributed by atoms with E-state index in [0.717, 1.165) is 30.4 Å². The van der Waals surface area contributed by atoms with Gasteiger partial charge in [-0.25, -0.2) is 9.37 Å². The summed E-state index contributed by atoms with van der Waals surface area (Å²) in [7, 11) is 0. The zero-order valence-corrected chi connectivity index (χ0v) is 15.4. The maximum atomic E-state index is 14.0. The Labute approximate surface area is 152 Å². The van der Waals surface area contributed by atoms with E-state index < -0.39 is 5.82 Å². The van der Waals surface area contributed by atoms with Gasteiger partial charge in [0.05, 0.1) is 6.20 Å². The average Bonchev–Trinajstić information content (AvgIpc) is 2.65. The number of benzene rings is 1. The van der Waals surface area contributed by atoms with Crippen molar-refractivity contribution < 1.29 is 9.13 Å². The van der Waals surface area contributed by atoms with Crippen LogP contribution in [0.3, 0.4) is 0 Å². The highest BCUT2D eigenvalue weighted by Gasteiger charge is 2.11. The predicted molar refractivity (Wildman–Crippen MR) is 102 cm³/mol. The molecule has 0 aliphatic heterocycles. The predicted octanol–water partition coefficient (Wildman–Crippen LogP) is 4.52. The lowest BCUT2D eigenvalue weighted by atomic mass is 10.2. The number of amidine groups is 1. The van der Waals surface area contributed by atoms with Crippen molar-refractivity contribution in [2.45, 2.75) is 33.3 Å². The largest absolute Gasteiger partial charge is 0.459 e. The number of thioether (sulfide) groups is 1. The molecule has 0 bridgehead atoms. The Balaban J connectivity index is 2.06. The molecule has 0 radical (unpaired) electrons. The first-order chi connectivity index (χ1) is 12.2. The van der Waals surface area contributed by atoms with Crippen LogP contribution < -0.4 is 10.1 Å². The maximum Gasteiger partial charge on any atom is 0.318 e. The SMILES string of the molecule is CCC/N=C(/Nc1nc(OCc2ccccc2)ncc1F)SCCC. The normalized spacial score (nSPS) is 11.4. The minimum atomic E-state index is -0.534. The molecular formula is C18H23FN4OS. The summed E-state index contributed by atoms with van der Waals surface area (Å²) < 4.78 is 19.6. The Morgan fingerprint density at radius 1 is 1.24 bits per heavy atom. The third-order valence-corrected chi connectivity index (χ3v) is 4.20. The molecule has 1 heterocycles.